The van der Waals surface area contributed by atoms with Gasteiger partial charge in [-0.05, 0) is 43.4 Å². The van der Waals surface area contributed by atoms with Gasteiger partial charge in [-0.1, -0.05) is 12.8 Å². The molecule has 1 aliphatic rings. The molecule has 2 N–H and O–H groups in total. The molecule has 0 spiro atoms. The molecule has 1 aromatic rings. The van der Waals surface area contributed by atoms with Crippen LogP contribution in [0.1, 0.15) is 25.7 Å². The van der Waals surface area contributed by atoms with Crippen molar-refractivity contribution in [3.05, 3.63) is 30.1 Å². The first-order valence-electron chi connectivity index (χ1n) is 7.46. The monoisotopic (exact) mass is 313 g/mol. The molecule has 0 saturated heterocycles. The molecule has 0 heterocycles. The summed E-state index contributed by atoms with van der Waals surface area (Å²) in [5, 5.41) is 13.3. The van der Waals surface area contributed by atoms with Crippen LogP contribution in [0.25, 0.3) is 0 Å². The lowest BCUT2D eigenvalue weighted by Crippen LogP contribution is -2.40. The fourth-order valence-corrected chi connectivity index (χ4v) is 3.66. The fourth-order valence-electron chi connectivity index (χ4n) is 2.72. The highest BCUT2D eigenvalue weighted by Crippen LogP contribution is 2.39. The molecule has 0 amide bonds. The molecule has 5 heteroatoms. The van der Waals surface area contributed by atoms with Crippen molar-refractivity contribution < 1.29 is 14.2 Å². The third-order valence-electron chi connectivity index (χ3n) is 4.03. The van der Waals surface area contributed by atoms with E-state index in [0.717, 1.165) is 6.54 Å². The van der Waals surface area contributed by atoms with Crippen LogP contribution in [-0.2, 0) is 0 Å². The fraction of sp³-hybridized carbons (Fsp3) is 0.625. The summed E-state index contributed by atoms with van der Waals surface area (Å²) in [5.74, 6) is 0.287. The topological polar surface area (TPSA) is 41.5 Å². The molecule has 0 radical (unpaired) electrons. The van der Waals surface area contributed by atoms with E-state index >= 15 is 0 Å². The molecular formula is C16H24FNO2S. The Kier molecular flexibility index (Phi) is 6.33. The molecule has 1 saturated carbocycles. The number of nitrogens with one attached hydrogen (secondary N) is 1. The van der Waals surface area contributed by atoms with Crippen molar-refractivity contribution in [1.82, 2.24) is 5.32 Å². The third-order valence-corrected chi connectivity index (χ3v) is 5.45. The molecule has 1 atom stereocenters. The number of aliphatic hydroxyl groups is 1. The van der Waals surface area contributed by atoms with E-state index < -0.39 is 6.10 Å². The number of hydrogen-bond donors (Lipinski definition) is 2. The van der Waals surface area contributed by atoms with Crippen LogP contribution in [0.15, 0.2) is 24.3 Å². The van der Waals surface area contributed by atoms with Crippen LogP contribution < -0.4 is 10.1 Å². The standard InChI is InChI=1S/C16H24FNO2S/c1-21-16(8-2-3-9-16)12-18-10-14(19)11-20-15-6-4-13(17)5-7-15/h4-7,14,18-19H,2-3,8-12H2,1H3. The predicted octanol–water partition coefficient (Wildman–Crippen LogP) is 2.83. The van der Waals surface area contributed by atoms with Gasteiger partial charge in [0.2, 0.25) is 0 Å². The molecule has 1 unspecified atom stereocenters. The molecular weight excluding hydrogens is 289 g/mol. The summed E-state index contributed by atoms with van der Waals surface area (Å²) in [6.07, 6.45) is 6.72. The van der Waals surface area contributed by atoms with Crippen molar-refractivity contribution >= 4 is 11.8 Å². The smallest absolute Gasteiger partial charge is 0.123 e. The van der Waals surface area contributed by atoms with E-state index in [0.29, 0.717) is 17.0 Å². The van der Waals surface area contributed by atoms with Crippen molar-refractivity contribution in [2.75, 3.05) is 26.0 Å². The van der Waals surface area contributed by atoms with Crippen molar-refractivity contribution in [2.45, 2.75) is 36.5 Å². The Morgan fingerprint density at radius 1 is 1.33 bits per heavy atom. The minimum atomic E-state index is -0.560. The van der Waals surface area contributed by atoms with Gasteiger partial charge in [0, 0.05) is 17.8 Å². The zero-order chi connectivity index (χ0) is 15.1. The average Bonchev–Trinajstić information content (AvgIpc) is 2.96. The van der Waals surface area contributed by atoms with Crippen LogP contribution in [-0.4, -0.2) is 41.9 Å². The van der Waals surface area contributed by atoms with E-state index in [1.807, 2.05) is 11.8 Å². The molecule has 1 fully saturated rings. The Labute approximate surface area is 130 Å². The van der Waals surface area contributed by atoms with E-state index in [2.05, 4.69) is 11.6 Å². The Balaban J connectivity index is 1.65. The van der Waals surface area contributed by atoms with Crippen LogP contribution in [0.2, 0.25) is 0 Å². The van der Waals surface area contributed by atoms with Gasteiger partial charge in [0.25, 0.3) is 0 Å². The summed E-state index contributed by atoms with van der Waals surface area (Å²) >= 11 is 1.93. The third kappa shape index (κ3) is 5.16. The lowest BCUT2D eigenvalue weighted by molar-refractivity contribution is 0.106. The predicted molar refractivity (Wildman–Crippen MR) is 85.5 cm³/mol. The highest BCUT2D eigenvalue weighted by molar-refractivity contribution is 8.00. The van der Waals surface area contributed by atoms with Gasteiger partial charge in [0.15, 0.2) is 0 Å². The molecule has 118 valence electrons. The summed E-state index contributed by atoms with van der Waals surface area (Å²) in [5.41, 5.74) is 0. The zero-order valence-corrected chi connectivity index (χ0v) is 13.3. The summed E-state index contributed by atoms with van der Waals surface area (Å²) in [6.45, 7) is 1.66. The Bertz CT molecular complexity index is 421. The van der Waals surface area contributed by atoms with Crippen LogP contribution in [0.5, 0.6) is 5.75 Å². The number of ether oxygens (including phenoxy) is 1. The average molecular weight is 313 g/mol. The van der Waals surface area contributed by atoms with Gasteiger partial charge in [-0.3, -0.25) is 0 Å². The van der Waals surface area contributed by atoms with Gasteiger partial charge >= 0.3 is 0 Å². The second-order valence-electron chi connectivity index (χ2n) is 5.64. The largest absolute Gasteiger partial charge is 0.491 e. The minimum Gasteiger partial charge on any atom is -0.491 e. The molecule has 2 rings (SSSR count). The van der Waals surface area contributed by atoms with Gasteiger partial charge in [-0.15, -0.1) is 0 Å². The number of halogens is 1. The summed E-state index contributed by atoms with van der Waals surface area (Å²) < 4.78 is 18.5. The number of benzene rings is 1. The molecule has 0 aromatic heterocycles. The molecule has 0 aliphatic heterocycles. The van der Waals surface area contributed by atoms with Crippen molar-refractivity contribution in [2.24, 2.45) is 0 Å². The Morgan fingerprint density at radius 2 is 2.00 bits per heavy atom. The molecule has 3 nitrogen and oxygen atoms in total. The van der Waals surface area contributed by atoms with E-state index in [-0.39, 0.29) is 12.4 Å². The van der Waals surface area contributed by atoms with Crippen LogP contribution in [0, 0.1) is 5.82 Å². The van der Waals surface area contributed by atoms with Crippen LogP contribution in [0.3, 0.4) is 0 Å². The van der Waals surface area contributed by atoms with Crippen molar-refractivity contribution in [1.29, 1.82) is 0 Å². The first-order chi connectivity index (χ1) is 10.1. The summed E-state index contributed by atoms with van der Waals surface area (Å²) in [7, 11) is 0. The van der Waals surface area contributed by atoms with Crippen LogP contribution in [0.4, 0.5) is 4.39 Å². The van der Waals surface area contributed by atoms with Gasteiger partial charge in [-0.25, -0.2) is 4.39 Å². The molecule has 1 aromatic carbocycles. The normalized spacial score (nSPS) is 18.6. The van der Waals surface area contributed by atoms with E-state index in [1.165, 1.54) is 37.8 Å². The summed E-state index contributed by atoms with van der Waals surface area (Å²) in [4.78, 5) is 0. The Morgan fingerprint density at radius 3 is 2.62 bits per heavy atom. The van der Waals surface area contributed by atoms with Gasteiger partial charge in [0.05, 0.1) is 0 Å². The summed E-state index contributed by atoms with van der Waals surface area (Å²) in [6, 6.07) is 5.83. The number of hydrogen-bond acceptors (Lipinski definition) is 4. The number of aliphatic hydroxyl groups excluding tert-OH is 1. The second kappa shape index (κ2) is 8.01. The molecule has 1 aliphatic carbocycles. The first kappa shape index (κ1) is 16.6. The lowest BCUT2D eigenvalue weighted by Gasteiger charge is -2.27. The number of rotatable bonds is 8. The zero-order valence-electron chi connectivity index (χ0n) is 12.5. The molecule has 21 heavy (non-hydrogen) atoms. The van der Waals surface area contributed by atoms with Crippen molar-refractivity contribution in [3.8, 4) is 5.75 Å². The van der Waals surface area contributed by atoms with E-state index in [1.54, 1.807) is 12.1 Å². The highest BCUT2D eigenvalue weighted by atomic mass is 32.2. The Hall–Kier alpha value is -0.780. The van der Waals surface area contributed by atoms with E-state index in [9.17, 15) is 9.50 Å². The van der Waals surface area contributed by atoms with Crippen LogP contribution >= 0.6 is 11.8 Å². The highest BCUT2D eigenvalue weighted by Gasteiger charge is 2.32. The quantitative estimate of drug-likeness (QED) is 0.774. The number of thioether (sulfide) groups is 1. The van der Waals surface area contributed by atoms with E-state index in [4.69, 9.17) is 4.74 Å². The minimum absolute atomic E-state index is 0.213. The maximum atomic E-state index is 12.8. The van der Waals surface area contributed by atoms with Gasteiger partial charge in [0.1, 0.15) is 24.3 Å². The maximum absolute atomic E-state index is 12.8. The van der Waals surface area contributed by atoms with Crippen molar-refractivity contribution in [3.63, 3.8) is 0 Å². The molecule has 0 bridgehead atoms. The SMILES string of the molecule is CSC1(CNCC(O)COc2ccc(F)cc2)CCCC1. The maximum Gasteiger partial charge on any atom is 0.123 e. The second-order valence-corrected chi connectivity index (χ2v) is 6.92. The van der Waals surface area contributed by atoms with Gasteiger partial charge < -0.3 is 15.2 Å². The lowest BCUT2D eigenvalue weighted by atomic mass is 10.1. The first-order valence-corrected chi connectivity index (χ1v) is 8.68. The van der Waals surface area contributed by atoms with Gasteiger partial charge in [-0.2, -0.15) is 11.8 Å².